The van der Waals surface area contributed by atoms with Gasteiger partial charge in [0.05, 0.1) is 24.8 Å². The molecule has 1 amide bonds. The second-order valence-electron chi connectivity index (χ2n) is 8.53. The van der Waals surface area contributed by atoms with Gasteiger partial charge in [0.1, 0.15) is 5.69 Å². The van der Waals surface area contributed by atoms with Gasteiger partial charge in [0.15, 0.2) is 5.78 Å². The van der Waals surface area contributed by atoms with Crippen molar-refractivity contribution in [3.05, 3.63) is 57.9 Å². The molecule has 190 valence electrons. The van der Waals surface area contributed by atoms with E-state index >= 15 is 0 Å². The Morgan fingerprint density at radius 2 is 1.83 bits per heavy atom. The van der Waals surface area contributed by atoms with E-state index in [1.807, 2.05) is 0 Å². The van der Waals surface area contributed by atoms with Gasteiger partial charge in [-0.15, -0.1) is 0 Å². The third-order valence-corrected chi connectivity index (χ3v) is 6.21. The number of halogens is 3. The molecule has 1 aliphatic heterocycles. The number of esters is 1. The van der Waals surface area contributed by atoms with Gasteiger partial charge in [0, 0.05) is 37.0 Å². The lowest BCUT2D eigenvalue weighted by Gasteiger charge is -2.25. The van der Waals surface area contributed by atoms with Crippen LogP contribution in [0.15, 0.2) is 24.3 Å². The van der Waals surface area contributed by atoms with Crippen LogP contribution in [-0.4, -0.2) is 59.5 Å². The molecule has 7 nitrogen and oxygen atoms in total. The van der Waals surface area contributed by atoms with Crippen LogP contribution in [0.4, 0.5) is 13.2 Å². The van der Waals surface area contributed by atoms with Crippen molar-refractivity contribution in [1.82, 2.24) is 9.47 Å². The molecule has 0 spiro atoms. The number of aromatic nitrogens is 1. The van der Waals surface area contributed by atoms with Crippen LogP contribution in [0.3, 0.4) is 0 Å². The van der Waals surface area contributed by atoms with E-state index in [9.17, 15) is 27.6 Å². The Hall–Kier alpha value is -3.14. The molecule has 1 saturated heterocycles. The molecule has 35 heavy (non-hydrogen) atoms. The summed E-state index contributed by atoms with van der Waals surface area (Å²) in [5.41, 5.74) is 0.748. The van der Waals surface area contributed by atoms with Crippen LogP contribution in [-0.2, 0) is 22.7 Å². The van der Waals surface area contributed by atoms with Crippen LogP contribution in [0, 0.1) is 13.8 Å². The van der Waals surface area contributed by atoms with Crippen molar-refractivity contribution >= 4 is 17.7 Å². The van der Waals surface area contributed by atoms with Gasteiger partial charge in [-0.1, -0.05) is 0 Å². The summed E-state index contributed by atoms with van der Waals surface area (Å²) < 4.78 is 51.1. The van der Waals surface area contributed by atoms with Gasteiger partial charge in [-0.25, -0.2) is 4.79 Å². The fourth-order valence-corrected chi connectivity index (χ4v) is 4.37. The number of benzene rings is 1. The summed E-state index contributed by atoms with van der Waals surface area (Å²) in [6.45, 7) is 5.57. The number of hydrogen-bond donors (Lipinski definition) is 0. The topological polar surface area (TPSA) is 77.8 Å². The zero-order chi connectivity index (χ0) is 25.9. The summed E-state index contributed by atoms with van der Waals surface area (Å²) in [5, 5.41) is 0. The normalized spacial score (nSPS) is 15.8. The number of nitrogens with zero attached hydrogens (tertiary/aromatic N) is 2. The molecule has 1 aromatic carbocycles. The summed E-state index contributed by atoms with van der Waals surface area (Å²) in [6, 6.07) is 3.90. The number of alkyl halides is 3. The van der Waals surface area contributed by atoms with E-state index in [2.05, 4.69) is 0 Å². The molecule has 3 rings (SSSR count). The van der Waals surface area contributed by atoms with Crippen LogP contribution in [0.25, 0.3) is 0 Å². The van der Waals surface area contributed by atoms with Crippen molar-refractivity contribution in [1.29, 1.82) is 0 Å². The monoisotopic (exact) mass is 494 g/mol. The molecule has 0 N–H and O–H groups in total. The number of rotatable bonds is 8. The van der Waals surface area contributed by atoms with Crippen molar-refractivity contribution in [3.63, 3.8) is 0 Å². The molecular weight excluding hydrogens is 465 g/mol. The summed E-state index contributed by atoms with van der Waals surface area (Å²) >= 11 is 0. The number of ether oxygens (including phenoxy) is 2. The summed E-state index contributed by atoms with van der Waals surface area (Å²) in [7, 11) is 1.66. The molecule has 1 aliphatic rings. The SMILES string of the molecule is CCOC(=O)c1c(C)c(C(=O)CN(CC2CCCO2)C(=O)c2ccc(C(F)(F)F)cc2)c(C)n1C. The van der Waals surface area contributed by atoms with Crippen LogP contribution in [0.5, 0.6) is 0 Å². The molecule has 2 aromatic rings. The van der Waals surface area contributed by atoms with Crippen molar-refractivity contribution in [2.24, 2.45) is 7.05 Å². The number of Topliss-reactive ketones (excluding diaryl/α,β-unsaturated/α-hetero) is 1. The van der Waals surface area contributed by atoms with Gasteiger partial charge in [-0.3, -0.25) is 9.59 Å². The fraction of sp³-hybridized carbons (Fsp3) is 0.480. The Bertz CT molecular complexity index is 1100. The zero-order valence-corrected chi connectivity index (χ0v) is 20.2. The molecular formula is C25H29F3N2O5. The molecule has 1 atom stereocenters. The van der Waals surface area contributed by atoms with Gasteiger partial charge >= 0.3 is 12.1 Å². The lowest BCUT2D eigenvalue weighted by atomic mass is 10.0. The third-order valence-electron chi connectivity index (χ3n) is 6.21. The van der Waals surface area contributed by atoms with Gasteiger partial charge in [0.2, 0.25) is 0 Å². The predicted molar refractivity (Wildman–Crippen MR) is 121 cm³/mol. The first-order valence-corrected chi connectivity index (χ1v) is 11.4. The molecule has 2 heterocycles. The van der Waals surface area contributed by atoms with E-state index in [-0.39, 0.29) is 42.8 Å². The highest BCUT2D eigenvalue weighted by Crippen LogP contribution is 2.29. The number of carbonyl (C=O) groups is 3. The first-order valence-electron chi connectivity index (χ1n) is 11.4. The highest BCUT2D eigenvalue weighted by atomic mass is 19.4. The largest absolute Gasteiger partial charge is 0.461 e. The maximum Gasteiger partial charge on any atom is 0.416 e. The van der Waals surface area contributed by atoms with Crippen molar-refractivity contribution in [2.45, 2.75) is 45.9 Å². The predicted octanol–water partition coefficient (Wildman–Crippen LogP) is 4.34. The molecule has 1 unspecified atom stereocenters. The minimum Gasteiger partial charge on any atom is -0.461 e. The number of carbonyl (C=O) groups excluding carboxylic acids is 3. The maximum atomic E-state index is 13.4. The van der Waals surface area contributed by atoms with Gasteiger partial charge in [-0.2, -0.15) is 13.2 Å². The Morgan fingerprint density at radius 3 is 2.37 bits per heavy atom. The smallest absolute Gasteiger partial charge is 0.416 e. The van der Waals surface area contributed by atoms with E-state index < -0.39 is 23.6 Å². The van der Waals surface area contributed by atoms with Crippen molar-refractivity contribution in [3.8, 4) is 0 Å². The summed E-state index contributed by atoms with van der Waals surface area (Å²) in [5.74, 6) is -1.50. The summed E-state index contributed by atoms with van der Waals surface area (Å²) in [6.07, 6.45) is -3.26. The minimum atomic E-state index is -4.52. The van der Waals surface area contributed by atoms with Crippen molar-refractivity contribution in [2.75, 3.05) is 26.3 Å². The molecule has 1 fully saturated rings. The Labute approximate surface area is 201 Å². The van der Waals surface area contributed by atoms with E-state index in [4.69, 9.17) is 9.47 Å². The van der Waals surface area contributed by atoms with Gasteiger partial charge in [-0.05, 0) is 63.4 Å². The molecule has 0 bridgehead atoms. The first-order chi connectivity index (χ1) is 16.5. The Balaban J connectivity index is 1.90. The van der Waals surface area contributed by atoms with Crippen LogP contribution >= 0.6 is 0 Å². The van der Waals surface area contributed by atoms with Gasteiger partial charge < -0.3 is 18.9 Å². The van der Waals surface area contributed by atoms with Gasteiger partial charge in [0.25, 0.3) is 5.91 Å². The second kappa shape index (κ2) is 10.6. The molecule has 0 aliphatic carbocycles. The summed E-state index contributed by atoms with van der Waals surface area (Å²) in [4.78, 5) is 40.3. The van der Waals surface area contributed by atoms with E-state index in [0.717, 1.165) is 30.7 Å². The number of amides is 1. The first kappa shape index (κ1) is 26.5. The van der Waals surface area contributed by atoms with Crippen LogP contribution < -0.4 is 0 Å². The Kier molecular flexibility index (Phi) is 8.04. The van der Waals surface area contributed by atoms with E-state index in [1.165, 1.54) is 4.90 Å². The molecule has 1 aromatic heterocycles. The Morgan fingerprint density at radius 1 is 1.17 bits per heavy atom. The van der Waals surface area contributed by atoms with Crippen LogP contribution in [0.1, 0.15) is 67.8 Å². The molecule has 0 radical (unpaired) electrons. The minimum absolute atomic E-state index is 0.0394. The van der Waals surface area contributed by atoms with Crippen molar-refractivity contribution < 1.29 is 37.0 Å². The molecule has 0 saturated carbocycles. The average molecular weight is 495 g/mol. The second-order valence-corrected chi connectivity index (χ2v) is 8.53. The highest BCUT2D eigenvalue weighted by molar-refractivity contribution is 6.06. The lowest BCUT2D eigenvalue weighted by molar-refractivity contribution is -0.137. The molecule has 10 heteroatoms. The lowest BCUT2D eigenvalue weighted by Crippen LogP contribution is -2.41. The third kappa shape index (κ3) is 5.75. The van der Waals surface area contributed by atoms with E-state index in [1.54, 1.807) is 32.4 Å². The maximum absolute atomic E-state index is 13.4. The van der Waals surface area contributed by atoms with E-state index in [0.29, 0.717) is 29.8 Å². The number of hydrogen-bond acceptors (Lipinski definition) is 5. The average Bonchev–Trinajstić information content (AvgIpc) is 3.38. The quantitative estimate of drug-likeness (QED) is 0.403. The highest BCUT2D eigenvalue weighted by Gasteiger charge is 2.32. The number of ketones is 1. The fourth-order valence-electron chi connectivity index (χ4n) is 4.37. The zero-order valence-electron chi connectivity index (χ0n) is 20.2. The van der Waals surface area contributed by atoms with Crippen LogP contribution in [0.2, 0.25) is 0 Å². The standard InChI is InChI=1S/C25H29F3N2O5/c1-5-34-24(33)22-15(2)21(16(3)29(22)4)20(31)14-30(13-19-7-6-12-35-19)23(32)17-8-10-18(11-9-17)25(26,27)28/h8-11,19H,5-7,12-14H2,1-4H3.